The van der Waals surface area contributed by atoms with E-state index in [1.165, 1.54) is 10.9 Å². The van der Waals surface area contributed by atoms with Crippen molar-refractivity contribution in [3.8, 4) is 0 Å². The highest BCUT2D eigenvalue weighted by atomic mass is 16.1. The van der Waals surface area contributed by atoms with Crippen LogP contribution in [0.5, 0.6) is 0 Å². The number of carbonyl (C=O) groups is 1. The molecule has 76 valence electrons. The molecule has 1 aliphatic rings. The van der Waals surface area contributed by atoms with Crippen LogP contribution in [-0.2, 0) is 4.79 Å². The van der Waals surface area contributed by atoms with Gasteiger partial charge in [-0.25, -0.2) is 0 Å². The van der Waals surface area contributed by atoms with Crippen molar-refractivity contribution in [2.24, 2.45) is 0 Å². The van der Waals surface area contributed by atoms with Gasteiger partial charge in [-0.15, -0.1) is 0 Å². The molecule has 0 spiro atoms. The molecule has 3 rings (SSSR count). The molecule has 1 unspecified atom stereocenters. The SMILES string of the molecule is O=C1CC(c2cccc3[nH]ccc23)CN1. The van der Waals surface area contributed by atoms with Crippen molar-refractivity contribution in [3.05, 3.63) is 36.0 Å². The number of nitrogens with one attached hydrogen (secondary N) is 2. The van der Waals surface area contributed by atoms with Crippen molar-refractivity contribution in [3.63, 3.8) is 0 Å². The monoisotopic (exact) mass is 200 g/mol. The third-order valence-electron chi connectivity index (χ3n) is 3.05. The maximum atomic E-state index is 11.2. The summed E-state index contributed by atoms with van der Waals surface area (Å²) in [6.07, 6.45) is 2.56. The Labute approximate surface area is 87.5 Å². The van der Waals surface area contributed by atoms with Gasteiger partial charge in [0.05, 0.1) is 0 Å². The van der Waals surface area contributed by atoms with E-state index >= 15 is 0 Å². The Balaban J connectivity index is 2.10. The molecule has 0 saturated carbocycles. The minimum absolute atomic E-state index is 0.160. The quantitative estimate of drug-likeness (QED) is 0.724. The standard InChI is InChI=1S/C12H12N2O/c15-12-6-8(7-14-12)9-2-1-3-11-10(9)4-5-13-11/h1-5,8,13H,6-7H2,(H,14,15). The molecule has 1 aromatic heterocycles. The Morgan fingerprint density at radius 1 is 1.27 bits per heavy atom. The minimum Gasteiger partial charge on any atom is -0.361 e. The fourth-order valence-electron chi connectivity index (χ4n) is 2.29. The van der Waals surface area contributed by atoms with Crippen LogP contribution in [0.1, 0.15) is 17.9 Å². The molecule has 15 heavy (non-hydrogen) atoms. The first-order valence-electron chi connectivity index (χ1n) is 5.17. The summed E-state index contributed by atoms with van der Waals surface area (Å²) in [7, 11) is 0. The van der Waals surface area contributed by atoms with Crippen LogP contribution in [0.2, 0.25) is 0 Å². The number of carbonyl (C=O) groups excluding carboxylic acids is 1. The first-order chi connectivity index (χ1) is 7.34. The van der Waals surface area contributed by atoms with Gasteiger partial charge in [-0.1, -0.05) is 12.1 Å². The predicted octanol–water partition coefficient (Wildman–Crippen LogP) is 1.77. The zero-order valence-electron chi connectivity index (χ0n) is 8.29. The fourth-order valence-corrected chi connectivity index (χ4v) is 2.29. The normalized spacial score (nSPS) is 20.8. The molecule has 2 N–H and O–H groups in total. The zero-order valence-corrected chi connectivity index (χ0v) is 8.29. The third kappa shape index (κ3) is 1.31. The number of aromatic nitrogens is 1. The second kappa shape index (κ2) is 3.12. The van der Waals surface area contributed by atoms with Crippen molar-refractivity contribution >= 4 is 16.8 Å². The van der Waals surface area contributed by atoms with Crippen molar-refractivity contribution in [2.45, 2.75) is 12.3 Å². The second-order valence-corrected chi connectivity index (χ2v) is 3.99. The maximum Gasteiger partial charge on any atom is 0.220 e. The first-order valence-corrected chi connectivity index (χ1v) is 5.17. The summed E-state index contributed by atoms with van der Waals surface area (Å²) < 4.78 is 0. The van der Waals surface area contributed by atoms with Gasteiger partial charge in [0.1, 0.15) is 0 Å². The molecule has 2 heterocycles. The van der Waals surface area contributed by atoms with Gasteiger partial charge in [0.25, 0.3) is 0 Å². The Morgan fingerprint density at radius 2 is 2.20 bits per heavy atom. The topological polar surface area (TPSA) is 44.9 Å². The van der Waals surface area contributed by atoms with Gasteiger partial charge in [0, 0.05) is 36.0 Å². The summed E-state index contributed by atoms with van der Waals surface area (Å²) in [5.74, 6) is 0.490. The third-order valence-corrected chi connectivity index (χ3v) is 3.05. The number of hydrogen-bond acceptors (Lipinski definition) is 1. The van der Waals surface area contributed by atoms with E-state index in [1.54, 1.807) is 0 Å². The molecule has 2 aromatic rings. The van der Waals surface area contributed by atoms with Gasteiger partial charge < -0.3 is 10.3 Å². The van der Waals surface area contributed by atoms with Crippen molar-refractivity contribution in [1.82, 2.24) is 10.3 Å². The van der Waals surface area contributed by atoms with E-state index in [9.17, 15) is 4.79 Å². The van der Waals surface area contributed by atoms with Crippen LogP contribution >= 0.6 is 0 Å². The summed E-state index contributed by atoms with van der Waals surface area (Å²) in [5, 5.41) is 4.11. The van der Waals surface area contributed by atoms with Crippen molar-refractivity contribution < 1.29 is 4.79 Å². The largest absolute Gasteiger partial charge is 0.361 e. The maximum absolute atomic E-state index is 11.2. The lowest BCUT2D eigenvalue weighted by atomic mass is 9.95. The molecule has 0 bridgehead atoms. The highest BCUT2D eigenvalue weighted by molar-refractivity contribution is 5.86. The van der Waals surface area contributed by atoms with Crippen LogP contribution in [0.15, 0.2) is 30.5 Å². The number of aromatic amines is 1. The Hall–Kier alpha value is -1.77. The summed E-state index contributed by atoms with van der Waals surface area (Å²) in [6, 6.07) is 8.29. The second-order valence-electron chi connectivity index (χ2n) is 3.99. The smallest absolute Gasteiger partial charge is 0.220 e. The molecule has 1 aromatic carbocycles. The van der Waals surface area contributed by atoms with Gasteiger partial charge >= 0.3 is 0 Å². The van der Waals surface area contributed by atoms with Gasteiger partial charge in [-0.05, 0) is 17.7 Å². The number of fused-ring (bicyclic) bond motifs is 1. The Bertz CT molecular complexity index is 515. The minimum atomic E-state index is 0.160. The lowest BCUT2D eigenvalue weighted by molar-refractivity contribution is -0.119. The molecule has 1 amide bonds. The molecule has 1 atom stereocenters. The van der Waals surface area contributed by atoms with Gasteiger partial charge in [0.2, 0.25) is 5.91 Å². The average molecular weight is 200 g/mol. The van der Waals surface area contributed by atoms with Gasteiger partial charge in [0.15, 0.2) is 0 Å². The summed E-state index contributed by atoms with van der Waals surface area (Å²) in [5.41, 5.74) is 2.42. The van der Waals surface area contributed by atoms with E-state index in [0.29, 0.717) is 12.3 Å². The lowest BCUT2D eigenvalue weighted by Crippen LogP contribution is -2.13. The zero-order chi connectivity index (χ0) is 10.3. The van der Waals surface area contributed by atoms with Crippen molar-refractivity contribution in [1.29, 1.82) is 0 Å². The van der Waals surface area contributed by atoms with E-state index in [0.717, 1.165) is 12.1 Å². The number of hydrogen-bond donors (Lipinski definition) is 2. The molecule has 1 saturated heterocycles. The molecule has 3 heteroatoms. The highest BCUT2D eigenvalue weighted by Crippen LogP contribution is 2.29. The molecular weight excluding hydrogens is 188 g/mol. The molecule has 1 aliphatic heterocycles. The molecular formula is C12H12N2O. The van der Waals surface area contributed by atoms with Crippen LogP contribution in [0.3, 0.4) is 0 Å². The average Bonchev–Trinajstić information content (AvgIpc) is 2.84. The highest BCUT2D eigenvalue weighted by Gasteiger charge is 2.24. The summed E-state index contributed by atoms with van der Waals surface area (Å²) in [4.78, 5) is 14.4. The number of rotatable bonds is 1. The molecule has 0 radical (unpaired) electrons. The van der Waals surface area contributed by atoms with E-state index in [-0.39, 0.29) is 5.91 Å². The molecule has 1 fully saturated rings. The summed E-state index contributed by atoms with van der Waals surface area (Å²) in [6.45, 7) is 0.767. The van der Waals surface area contributed by atoms with E-state index in [4.69, 9.17) is 0 Å². The van der Waals surface area contributed by atoms with Crippen LogP contribution in [-0.4, -0.2) is 17.4 Å². The number of H-pyrrole nitrogens is 1. The Morgan fingerprint density at radius 3 is 3.00 bits per heavy atom. The molecule has 3 nitrogen and oxygen atoms in total. The van der Waals surface area contributed by atoms with Crippen LogP contribution in [0.25, 0.3) is 10.9 Å². The Kier molecular flexibility index (Phi) is 1.78. The van der Waals surface area contributed by atoms with Gasteiger partial charge in [-0.2, -0.15) is 0 Å². The van der Waals surface area contributed by atoms with E-state index in [1.807, 2.05) is 12.3 Å². The van der Waals surface area contributed by atoms with Crippen LogP contribution in [0, 0.1) is 0 Å². The lowest BCUT2D eigenvalue weighted by Gasteiger charge is -2.08. The number of amides is 1. The first kappa shape index (κ1) is 8.53. The molecule has 0 aliphatic carbocycles. The van der Waals surface area contributed by atoms with Crippen LogP contribution in [0.4, 0.5) is 0 Å². The number of benzene rings is 1. The fraction of sp³-hybridized carbons (Fsp3) is 0.250. The van der Waals surface area contributed by atoms with Crippen LogP contribution < -0.4 is 5.32 Å². The van der Waals surface area contributed by atoms with Crippen molar-refractivity contribution in [2.75, 3.05) is 6.54 Å². The predicted molar refractivity (Wildman–Crippen MR) is 58.7 cm³/mol. The van der Waals surface area contributed by atoms with E-state index < -0.39 is 0 Å². The van der Waals surface area contributed by atoms with E-state index in [2.05, 4.69) is 28.5 Å². The summed E-state index contributed by atoms with van der Waals surface area (Å²) >= 11 is 0. The van der Waals surface area contributed by atoms with Gasteiger partial charge in [-0.3, -0.25) is 4.79 Å².